The van der Waals surface area contributed by atoms with Crippen molar-refractivity contribution in [2.75, 3.05) is 26.9 Å². The van der Waals surface area contributed by atoms with E-state index in [1.54, 1.807) is 63.2 Å². The van der Waals surface area contributed by atoms with Crippen LogP contribution in [0.1, 0.15) is 37.9 Å². The zero-order chi connectivity index (χ0) is 29.0. The number of aromatic nitrogens is 1. The summed E-state index contributed by atoms with van der Waals surface area (Å²) in [5.41, 5.74) is 1.55. The first kappa shape index (κ1) is 29.4. The lowest BCUT2D eigenvalue weighted by molar-refractivity contribution is -0.143. The maximum absolute atomic E-state index is 13.8. The van der Waals surface area contributed by atoms with Gasteiger partial charge in [0.2, 0.25) is 0 Å². The van der Waals surface area contributed by atoms with Crippen LogP contribution < -0.4 is 24.4 Å². The highest BCUT2D eigenvalue weighted by Gasteiger charge is 2.34. The van der Waals surface area contributed by atoms with E-state index in [0.717, 1.165) is 0 Å². The fraction of sp³-hybridized carbons (Fsp3) is 0.286. The molecule has 0 amide bonds. The van der Waals surface area contributed by atoms with Crippen LogP contribution in [0.3, 0.4) is 0 Å². The van der Waals surface area contributed by atoms with Crippen molar-refractivity contribution in [2.24, 2.45) is 4.99 Å². The van der Waals surface area contributed by atoms with Crippen LogP contribution in [0.25, 0.3) is 6.08 Å². The highest BCUT2D eigenvalue weighted by atomic mass is 35.5. The number of methoxy groups -OCH3 is 1. The van der Waals surface area contributed by atoms with Crippen molar-refractivity contribution in [1.82, 2.24) is 4.57 Å². The van der Waals surface area contributed by atoms with Crippen LogP contribution in [-0.4, -0.2) is 43.4 Å². The van der Waals surface area contributed by atoms with Crippen molar-refractivity contribution in [2.45, 2.75) is 26.8 Å². The number of rotatable bonds is 9. The second kappa shape index (κ2) is 12.7. The minimum Gasteiger partial charge on any atom is -0.490 e. The van der Waals surface area contributed by atoms with Gasteiger partial charge in [-0.2, -0.15) is 0 Å². The zero-order valence-electron chi connectivity index (χ0n) is 22.2. The minimum absolute atomic E-state index is 0.147. The Kier molecular flexibility index (Phi) is 9.34. The highest BCUT2D eigenvalue weighted by Crippen LogP contribution is 2.36. The molecule has 1 atom stereocenters. The molecule has 0 aliphatic carbocycles. The van der Waals surface area contributed by atoms with Crippen molar-refractivity contribution < 1.29 is 28.5 Å². The second-order valence-electron chi connectivity index (χ2n) is 8.48. The number of carbonyl (C=O) groups is 2. The fourth-order valence-electron chi connectivity index (χ4n) is 4.14. The first-order chi connectivity index (χ1) is 19.2. The molecule has 1 aliphatic rings. The number of thiazole rings is 1. The monoisotopic (exact) mass is 604 g/mol. The van der Waals surface area contributed by atoms with Crippen molar-refractivity contribution in [3.8, 4) is 11.5 Å². The highest BCUT2D eigenvalue weighted by molar-refractivity contribution is 7.07. The van der Waals surface area contributed by atoms with Gasteiger partial charge in [0.1, 0.15) is 0 Å². The molecule has 4 rings (SSSR count). The minimum atomic E-state index is -0.861. The molecule has 9 nitrogen and oxygen atoms in total. The smallest absolute Gasteiger partial charge is 0.343 e. The van der Waals surface area contributed by atoms with Gasteiger partial charge in [-0.15, -0.1) is 0 Å². The molecule has 0 saturated carbocycles. The van der Waals surface area contributed by atoms with E-state index in [-0.39, 0.29) is 24.3 Å². The number of carbonyl (C=O) groups excluding carboxylic acids is 2. The molecule has 0 spiro atoms. The number of ether oxygens (including phenoxy) is 4. The van der Waals surface area contributed by atoms with Crippen molar-refractivity contribution in [3.63, 3.8) is 0 Å². The largest absolute Gasteiger partial charge is 0.490 e. The molecule has 0 bridgehead atoms. The van der Waals surface area contributed by atoms with Gasteiger partial charge in [0.05, 0.1) is 52.2 Å². The Labute approximate surface area is 243 Å². The van der Waals surface area contributed by atoms with E-state index >= 15 is 0 Å². The molecule has 1 aromatic heterocycles. The maximum atomic E-state index is 13.8. The van der Waals surface area contributed by atoms with Crippen LogP contribution in [0.5, 0.6) is 11.5 Å². The number of nitrogens with zero attached hydrogens (tertiary/aromatic N) is 2. The molecule has 0 radical (unpaired) electrons. The third-order valence-corrected chi connectivity index (χ3v) is 7.64. The average molecular weight is 605 g/mol. The van der Waals surface area contributed by atoms with Crippen molar-refractivity contribution in [3.05, 3.63) is 88.5 Å². The fourth-order valence-corrected chi connectivity index (χ4v) is 5.49. The molecule has 2 heterocycles. The molecule has 0 fully saturated rings. The molecule has 3 aromatic rings. The Balaban J connectivity index is 1.90. The van der Waals surface area contributed by atoms with E-state index in [1.807, 2.05) is 0 Å². The summed E-state index contributed by atoms with van der Waals surface area (Å²) in [6, 6.07) is 9.20. The third kappa shape index (κ3) is 6.09. The van der Waals surface area contributed by atoms with Gasteiger partial charge in [-0.25, -0.2) is 14.6 Å². The average Bonchev–Trinajstić information content (AvgIpc) is 3.23. The van der Waals surface area contributed by atoms with Gasteiger partial charge < -0.3 is 18.9 Å². The summed E-state index contributed by atoms with van der Waals surface area (Å²) in [7, 11) is 1.27. The van der Waals surface area contributed by atoms with Gasteiger partial charge in [0.25, 0.3) is 5.56 Å². The molecule has 40 heavy (non-hydrogen) atoms. The molecular formula is C28H26Cl2N2O7S. The Hall–Kier alpha value is -3.60. The van der Waals surface area contributed by atoms with E-state index in [2.05, 4.69) is 9.73 Å². The number of halogens is 2. The molecule has 1 aliphatic heterocycles. The normalized spacial score (nSPS) is 14.8. The van der Waals surface area contributed by atoms with Crippen molar-refractivity contribution >= 4 is 52.6 Å². The topological polar surface area (TPSA) is 105 Å². The van der Waals surface area contributed by atoms with E-state index in [9.17, 15) is 14.4 Å². The van der Waals surface area contributed by atoms with Crippen LogP contribution >= 0.6 is 34.5 Å². The predicted octanol–water partition coefficient (Wildman–Crippen LogP) is 4.06. The Morgan fingerprint density at radius 1 is 1.05 bits per heavy atom. The first-order valence-electron chi connectivity index (χ1n) is 12.3. The van der Waals surface area contributed by atoms with Crippen LogP contribution in [0.4, 0.5) is 0 Å². The molecule has 0 saturated heterocycles. The summed E-state index contributed by atoms with van der Waals surface area (Å²) in [5, 5.41) is 0.763. The van der Waals surface area contributed by atoms with Gasteiger partial charge in [-0.3, -0.25) is 9.36 Å². The van der Waals surface area contributed by atoms with Crippen LogP contribution in [0.15, 0.2) is 57.5 Å². The van der Waals surface area contributed by atoms with Crippen LogP contribution in [0, 0.1) is 0 Å². The van der Waals surface area contributed by atoms with Crippen molar-refractivity contribution in [1.29, 1.82) is 0 Å². The van der Waals surface area contributed by atoms with E-state index in [1.165, 1.54) is 23.0 Å². The summed E-state index contributed by atoms with van der Waals surface area (Å²) in [4.78, 5) is 43.6. The number of esters is 2. The van der Waals surface area contributed by atoms with Gasteiger partial charge in [-0.05, 0) is 62.2 Å². The maximum Gasteiger partial charge on any atom is 0.343 e. The summed E-state index contributed by atoms with van der Waals surface area (Å²) in [6.07, 6.45) is 1.70. The van der Waals surface area contributed by atoms with Crippen LogP contribution in [0.2, 0.25) is 10.0 Å². The SMILES string of the molecule is CCOC(=O)C1=C(C)N=c2s/c(=C\c3ccc(Cl)c(Cl)c3)c(=O)n2[C@@H]1c1ccc(OCC(=O)OC)c(OCC)c1. The zero-order valence-corrected chi connectivity index (χ0v) is 24.5. The predicted molar refractivity (Wildman–Crippen MR) is 152 cm³/mol. The third-order valence-electron chi connectivity index (χ3n) is 5.91. The summed E-state index contributed by atoms with van der Waals surface area (Å²) in [6.45, 7) is 5.35. The quantitative estimate of drug-likeness (QED) is 0.339. The lowest BCUT2D eigenvalue weighted by Gasteiger charge is -2.25. The number of benzene rings is 2. The van der Waals surface area contributed by atoms with Gasteiger partial charge in [0, 0.05) is 0 Å². The molecule has 0 N–H and O–H groups in total. The summed E-state index contributed by atoms with van der Waals surface area (Å²) >= 11 is 13.4. The van der Waals surface area contributed by atoms with Crippen LogP contribution in [-0.2, 0) is 19.1 Å². The summed E-state index contributed by atoms with van der Waals surface area (Å²) < 4.78 is 23.2. The molecule has 12 heteroatoms. The number of allylic oxidation sites excluding steroid dienone is 1. The molecular weight excluding hydrogens is 579 g/mol. The van der Waals surface area contributed by atoms with Gasteiger partial charge in [-0.1, -0.05) is 46.7 Å². The van der Waals surface area contributed by atoms with E-state index in [4.69, 9.17) is 37.4 Å². The molecule has 0 unspecified atom stereocenters. The number of hydrogen-bond donors (Lipinski definition) is 0. The Bertz CT molecular complexity index is 1680. The number of fused-ring (bicyclic) bond motifs is 1. The van der Waals surface area contributed by atoms with E-state index in [0.29, 0.717) is 54.3 Å². The van der Waals surface area contributed by atoms with E-state index < -0.39 is 18.0 Å². The number of hydrogen-bond acceptors (Lipinski definition) is 9. The Morgan fingerprint density at radius 3 is 2.50 bits per heavy atom. The lowest BCUT2D eigenvalue weighted by atomic mass is 9.95. The molecule has 210 valence electrons. The Morgan fingerprint density at radius 2 is 1.82 bits per heavy atom. The lowest BCUT2D eigenvalue weighted by Crippen LogP contribution is -2.40. The second-order valence-corrected chi connectivity index (χ2v) is 10.3. The standard InChI is InChI=1S/C28H26Cl2N2O7S/c1-5-37-21-13-17(8-10-20(21)39-14-23(33)36-4)25-24(27(35)38-6-2)15(3)31-28-32(25)26(34)22(40-28)12-16-7-9-18(29)19(30)11-16/h7-13,25H,5-6,14H2,1-4H3/b22-12-/t25-/m1/s1. The van der Waals surface area contributed by atoms with Gasteiger partial charge >= 0.3 is 11.9 Å². The molecule has 2 aromatic carbocycles. The summed E-state index contributed by atoms with van der Waals surface area (Å²) in [5.74, 6) is -0.499. The first-order valence-corrected chi connectivity index (χ1v) is 13.9. The van der Waals surface area contributed by atoms with Gasteiger partial charge in [0.15, 0.2) is 22.9 Å².